The van der Waals surface area contributed by atoms with Gasteiger partial charge in [-0.1, -0.05) is 38.0 Å². The first kappa shape index (κ1) is 14.1. The van der Waals surface area contributed by atoms with E-state index in [9.17, 15) is 9.90 Å². The predicted octanol–water partition coefficient (Wildman–Crippen LogP) is 3.03. The van der Waals surface area contributed by atoms with Crippen LogP contribution in [-0.2, 0) is 23.2 Å². The molecule has 0 saturated carbocycles. The average Bonchev–Trinajstić information content (AvgIpc) is 2.82. The summed E-state index contributed by atoms with van der Waals surface area (Å²) in [4.78, 5) is 11.0. The Bertz CT molecular complexity index is 467. The molecule has 3 nitrogen and oxygen atoms in total. The van der Waals surface area contributed by atoms with Gasteiger partial charge in [0.15, 0.2) is 0 Å². The largest absolute Gasteiger partial charge is 0.481 e. The Balaban J connectivity index is 2.29. The maximum atomic E-state index is 11.0. The van der Waals surface area contributed by atoms with Crippen molar-refractivity contribution >= 4 is 5.97 Å². The minimum absolute atomic E-state index is 0.216. The molecule has 0 radical (unpaired) electrons. The molecule has 19 heavy (non-hydrogen) atoms. The summed E-state index contributed by atoms with van der Waals surface area (Å²) in [5.74, 6) is -0.945. The van der Waals surface area contributed by atoms with E-state index < -0.39 is 11.6 Å². The van der Waals surface area contributed by atoms with Gasteiger partial charge in [-0.25, -0.2) is 0 Å². The summed E-state index contributed by atoms with van der Waals surface area (Å²) in [5.41, 5.74) is 2.16. The van der Waals surface area contributed by atoms with Gasteiger partial charge in [0.2, 0.25) is 0 Å². The Labute approximate surface area is 114 Å². The molecule has 0 heterocycles. The van der Waals surface area contributed by atoms with Gasteiger partial charge >= 0.3 is 5.97 Å². The van der Waals surface area contributed by atoms with Crippen molar-refractivity contribution in [2.24, 2.45) is 0 Å². The van der Waals surface area contributed by atoms with Crippen molar-refractivity contribution in [3.63, 3.8) is 0 Å². The number of carboxylic acids is 1. The number of aryl methyl sites for hydroxylation is 2. The van der Waals surface area contributed by atoms with Crippen LogP contribution < -0.4 is 0 Å². The quantitative estimate of drug-likeness (QED) is 0.828. The first-order valence-electron chi connectivity index (χ1n) is 7.11. The monoisotopic (exact) mass is 262 g/mol. The van der Waals surface area contributed by atoms with Gasteiger partial charge < -0.3 is 10.2 Å². The maximum absolute atomic E-state index is 11.0. The zero-order chi connectivity index (χ0) is 13.9. The van der Waals surface area contributed by atoms with Gasteiger partial charge in [0.25, 0.3) is 0 Å². The lowest BCUT2D eigenvalue weighted by atomic mass is 9.84. The SMILES string of the molecule is CCCCC(O)(CC(=O)O)c1ccc2c(c1)CCC2. The van der Waals surface area contributed by atoms with E-state index in [0.717, 1.165) is 37.7 Å². The first-order valence-corrected chi connectivity index (χ1v) is 7.11. The number of fused-ring (bicyclic) bond motifs is 1. The molecule has 0 spiro atoms. The third kappa shape index (κ3) is 3.16. The molecule has 1 aliphatic rings. The van der Waals surface area contributed by atoms with Crippen LogP contribution in [0.4, 0.5) is 0 Å². The smallest absolute Gasteiger partial charge is 0.306 e. The van der Waals surface area contributed by atoms with Crippen LogP contribution >= 0.6 is 0 Å². The second kappa shape index (κ2) is 5.74. The van der Waals surface area contributed by atoms with Crippen molar-refractivity contribution in [1.82, 2.24) is 0 Å². The number of carboxylic acid groups (broad SMARTS) is 1. The Hall–Kier alpha value is -1.35. The lowest BCUT2D eigenvalue weighted by Crippen LogP contribution is -2.29. The van der Waals surface area contributed by atoms with E-state index in [1.54, 1.807) is 0 Å². The zero-order valence-corrected chi connectivity index (χ0v) is 11.5. The van der Waals surface area contributed by atoms with E-state index in [1.807, 2.05) is 19.1 Å². The molecule has 0 saturated heterocycles. The maximum Gasteiger partial charge on any atom is 0.306 e. The molecule has 1 aliphatic carbocycles. The summed E-state index contributed by atoms with van der Waals surface area (Å²) in [6, 6.07) is 5.97. The molecule has 1 atom stereocenters. The zero-order valence-electron chi connectivity index (χ0n) is 11.5. The van der Waals surface area contributed by atoms with E-state index in [1.165, 1.54) is 11.1 Å². The third-order valence-corrected chi connectivity index (χ3v) is 4.02. The van der Waals surface area contributed by atoms with E-state index in [2.05, 4.69) is 6.07 Å². The Kier molecular flexibility index (Phi) is 4.25. The van der Waals surface area contributed by atoms with Gasteiger partial charge in [0.1, 0.15) is 5.60 Å². The molecule has 0 aromatic heterocycles. The van der Waals surface area contributed by atoms with Crippen LogP contribution in [0.5, 0.6) is 0 Å². The van der Waals surface area contributed by atoms with Gasteiger partial charge in [0.05, 0.1) is 6.42 Å². The molecule has 0 amide bonds. The third-order valence-electron chi connectivity index (χ3n) is 4.02. The molecule has 104 valence electrons. The van der Waals surface area contributed by atoms with Crippen LogP contribution in [0.1, 0.15) is 55.7 Å². The summed E-state index contributed by atoms with van der Waals surface area (Å²) >= 11 is 0. The van der Waals surface area contributed by atoms with E-state index in [4.69, 9.17) is 5.11 Å². The molecular weight excluding hydrogens is 240 g/mol. The van der Waals surface area contributed by atoms with Crippen LogP contribution in [0.2, 0.25) is 0 Å². The fourth-order valence-electron chi connectivity index (χ4n) is 2.92. The number of rotatable bonds is 6. The molecule has 3 heteroatoms. The van der Waals surface area contributed by atoms with Crippen molar-refractivity contribution in [3.05, 3.63) is 34.9 Å². The summed E-state index contributed by atoms with van der Waals surface area (Å²) in [6.45, 7) is 2.05. The molecule has 2 N–H and O–H groups in total. The number of unbranched alkanes of at least 4 members (excludes halogenated alkanes) is 1. The van der Waals surface area contributed by atoms with Gasteiger partial charge in [-0.3, -0.25) is 4.79 Å². The van der Waals surface area contributed by atoms with Crippen LogP contribution in [0.15, 0.2) is 18.2 Å². The van der Waals surface area contributed by atoms with Crippen molar-refractivity contribution in [1.29, 1.82) is 0 Å². The lowest BCUT2D eigenvalue weighted by Gasteiger charge is -2.27. The Morgan fingerprint density at radius 3 is 2.74 bits per heavy atom. The van der Waals surface area contributed by atoms with Crippen LogP contribution in [0.3, 0.4) is 0 Å². The second-order valence-corrected chi connectivity index (χ2v) is 5.54. The van der Waals surface area contributed by atoms with Crippen LogP contribution in [0.25, 0.3) is 0 Å². The number of hydrogen-bond acceptors (Lipinski definition) is 2. The normalized spacial score (nSPS) is 16.9. The van der Waals surface area contributed by atoms with Crippen LogP contribution in [0, 0.1) is 0 Å². The standard InChI is InChI=1S/C16H22O3/c1-2-3-9-16(19,11-15(17)18)14-8-7-12-5-4-6-13(12)10-14/h7-8,10,19H,2-6,9,11H2,1H3,(H,17,18). The number of hydrogen-bond donors (Lipinski definition) is 2. The van der Waals surface area contributed by atoms with Crippen molar-refractivity contribution in [3.8, 4) is 0 Å². The molecule has 1 unspecified atom stereocenters. The average molecular weight is 262 g/mol. The highest BCUT2D eigenvalue weighted by Crippen LogP contribution is 2.34. The van der Waals surface area contributed by atoms with Gasteiger partial charge in [-0.05, 0) is 42.4 Å². The fraction of sp³-hybridized carbons (Fsp3) is 0.562. The topological polar surface area (TPSA) is 57.5 Å². The number of aliphatic hydroxyl groups is 1. The van der Waals surface area contributed by atoms with Gasteiger partial charge in [0, 0.05) is 0 Å². The highest BCUT2D eigenvalue weighted by Gasteiger charge is 2.32. The Morgan fingerprint density at radius 2 is 2.05 bits per heavy atom. The number of aliphatic carboxylic acids is 1. The molecule has 0 bridgehead atoms. The van der Waals surface area contributed by atoms with E-state index in [-0.39, 0.29) is 6.42 Å². The molecule has 1 aromatic rings. The molecule has 0 aliphatic heterocycles. The summed E-state index contributed by atoms with van der Waals surface area (Å²) < 4.78 is 0. The Morgan fingerprint density at radius 1 is 1.32 bits per heavy atom. The summed E-state index contributed by atoms with van der Waals surface area (Å²) in [6.07, 6.45) is 5.38. The van der Waals surface area contributed by atoms with Gasteiger partial charge in [-0.2, -0.15) is 0 Å². The van der Waals surface area contributed by atoms with E-state index in [0.29, 0.717) is 6.42 Å². The molecule has 1 aromatic carbocycles. The highest BCUT2D eigenvalue weighted by molar-refractivity contribution is 5.68. The highest BCUT2D eigenvalue weighted by atomic mass is 16.4. The van der Waals surface area contributed by atoms with Crippen molar-refractivity contribution in [2.75, 3.05) is 0 Å². The van der Waals surface area contributed by atoms with Crippen LogP contribution in [-0.4, -0.2) is 16.2 Å². The minimum atomic E-state index is -1.22. The first-order chi connectivity index (χ1) is 9.05. The van der Waals surface area contributed by atoms with E-state index >= 15 is 0 Å². The summed E-state index contributed by atoms with van der Waals surface area (Å²) in [7, 11) is 0. The lowest BCUT2D eigenvalue weighted by molar-refractivity contribution is -0.143. The second-order valence-electron chi connectivity index (χ2n) is 5.54. The molecular formula is C16H22O3. The fourth-order valence-corrected chi connectivity index (χ4v) is 2.92. The van der Waals surface area contributed by atoms with Gasteiger partial charge in [-0.15, -0.1) is 0 Å². The molecule has 2 rings (SSSR count). The van der Waals surface area contributed by atoms with Crippen molar-refractivity contribution in [2.45, 2.75) is 57.5 Å². The number of benzene rings is 1. The predicted molar refractivity (Wildman–Crippen MR) is 74.1 cm³/mol. The number of carbonyl (C=O) groups is 1. The minimum Gasteiger partial charge on any atom is -0.481 e. The van der Waals surface area contributed by atoms with Crippen molar-refractivity contribution < 1.29 is 15.0 Å². The summed E-state index contributed by atoms with van der Waals surface area (Å²) in [5, 5.41) is 19.8. The molecule has 0 fully saturated rings.